The molecule has 3 nitrogen and oxygen atoms in total. The summed E-state index contributed by atoms with van der Waals surface area (Å²) in [5, 5.41) is 0.970. The maximum atomic E-state index is 10.4. The number of aryl methyl sites for hydroxylation is 1. The van der Waals surface area contributed by atoms with Gasteiger partial charge < -0.3 is 4.55 Å². The summed E-state index contributed by atoms with van der Waals surface area (Å²) in [6.45, 7) is 11.6. The van der Waals surface area contributed by atoms with Crippen LogP contribution in [0.2, 0.25) is 0 Å². The third-order valence-corrected chi connectivity index (χ3v) is 10.6. The SMILES string of the molecule is CC(C)(C)[C@H]1CC[C@]2(C)[C@H](C1)[S+]2c1ccccc1.Cc1ccc(S(=O)(=O)[O-])cc1. The van der Waals surface area contributed by atoms with E-state index in [1.165, 1.54) is 31.4 Å². The maximum Gasteiger partial charge on any atom is 0.178 e. The quantitative estimate of drug-likeness (QED) is 0.355. The van der Waals surface area contributed by atoms with E-state index >= 15 is 0 Å². The molecule has 2 aliphatic rings. The highest BCUT2D eigenvalue weighted by Crippen LogP contribution is 2.62. The van der Waals surface area contributed by atoms with Gasteiger partial charge in [0.25, 0.3) is 0 Å². The average Bonchev–Trinajstić information content (AvgIpc) is 3.26. The van der Waals surface area contributed by atoms with E-state index < -0.39 is 10.1 Å². The molecule has 1 aliphatic heterocycles. The maximum absolute atomic E-state index is 10.4. The molecule has 4 rings (SSSR count). The molecule has 0 N–H and O–H groups in total. The molecule has 5 heteroatoms. The Labute approximate surface area is 179 Å². The van der Waals surface area contributed by atoms with Gasteiger partial charge in [0.05, 0.1) is 4.90 Å². The number of hydrogen-bond donors (Lipinski definition) is 0. The van der Waals surface area contributed by atoms with Crippen LogP contribution in [0.5, 0.6) is 0 Å². The van der Waals surface area contributed by atoms with Crippen molar-refractivity contribution < 1.29 is 13.0 Å². The molecular formula is C24H32O3S2. The van der Waals surface area contributed by atoms with Crippen LogP contribution in [-0.2, 0) is 21.0 Å². The normalized spacial score (nSPS) is 28.7. The fourth-order valence-corrected chi connectivity index (χ4v) is 8.23. The van der Waals surface area contributed by atoms with E-state index in [1.54, 1.807) is 17.0 Å². The van der Waals surface area contributed by atoms with Crippen LogP contribution in [0.4, 0.5) is 0 Å². The minimum atomic E-state index is -4.27. The Kier molecular flexibility index (Phi) is 6.24. The van der Waals surface area contributed by atoms with Crippen LogP contribution in [0.1, 0.15) is 52.5 Å². The molecule has 1 heterocycles. The Morgan fingerprint density at radius 2 is 1.62 bits per heavy atom. The molecule has 1 saturated carbocycles. The highest BCUT2D eigenvalue weighted by Gasteiger charge is 2.76. The third-order valence-electron chi connectivity index (χ3n) is 6.43. The van der Waals surface area contributed by atoms with Gasteiger partial charge >= 0.3 is 0 Å². The summed E-state index contributed by atoms with van der Waals surface area (Å²) in [5.74, 6) is 0.928. The van der Waals surface area contributed by atoms with Gasteiger partial charge in [0, 0.05) is 23.7 Å². The second-order valence-corrected chi connectivity index (χ2v) is 13.6. The van der Waals surface area contributed by atoms with E-state index in [1.807, 2.05) is 6.92 Å². The fourth-order valence-electron chi connectivity index (χ4n) is 4.40. The first kappa shape index (κ1) is 22.4. The number of fused-ring (bicyclic) bond motifs is 1. The fraction of sp³-hybridized carbons (Fsp3) is 0.500. The van der Waals surface area contributed by atoms with Gasteiger partial charge in [0.15, 0.2) is 14.9 Å². The molecule has 4 atom stereocenters. The average molecular weight is 433 g/mol. The highest BCUT2D eigenvalue weighted by molar-refractivity contribution is 8.06. The number of benzene rings is 2. The topological polar surface area (TPSA) is 57.2 Å². The molecule has 2 aromatic rings. The minimum Gasteiger partial charge on any atom is -0.744 e. The molecule has 2 aromatic carbocycles. The van der Waals surface area contributed by atoms with Crippen molar-refractivity contribution in [2.75, 3.05) is 0 Å². The molecule has 0 bridgehead atoms. The lowest BCUT2D eigenvalue weighted by Crippen LogP contribution is -2.29. The van der Waals surface area contributed by atoms with E-state index in [0.29, 0.717) is 21.1 Å². The molecule has 0 spiro atoms. The minimum absolute atomic E-state index is 0.178. The van der Waals surface area contributed by atoms with Crippen LogP contribution in [-0.4, -0.2) is 23.0 Å². The Morgan fingerprint density at radius 1 is 1.03 bits per heavy atom. The Hall–Kier alpha value is -1.30. The van der Waals surface area contributed by atoms with Gasteiger partial charge in [0.1, 0.15) is 10.1 Å². The zero-order valence-electron chi connectivity index (χ0n) is 18.0. The van der Waals surface area contributed by atoms with Crippen molar-refractivity contribution in [1.82, 2.24) is 0 Å². The van der Waals surface area contributed by atoms with Crippen LogP contribution < -0.4 is 0 Å². The van der Waals surface area contributed by atoms with Crippen LogP contribution in [0.25, 0.3) is 0 Å². The first-order chi connectivity index (χ1) is 13.4. The lowest BCUT2D eigenvalue weighted by Gasteiger charge is -2.32. The molecule has 1 saturated heterocycles. The van der Waals surface area contributed by atoms with Gasteiger partial charge in [0.2, 0.25) is 0 Å². The van der Waals surface area contributed by atoms with E-state index in [2.05, 4.69) is 58.0 Å². The zero-order chi connectivity index (χ0) is 21.4. The van der Waals surface area contributed by atoms with Gasteiger partial charge in [-0.05, 0) is 55.9 Å². The van der Waals surface area contributed by atoms with Crippen molar-refractivity contribution in [3.63, 3.8) is 0 Å². The van der Waals surface area contributed by atoms with Gasteiger partial charge in [-0.3, -0.25) is 0 Å². The van der Waals surface area contributed by atoms with Crippen LogP contribution in [0.3, 0.4) is 0 Å². The van der Waals surface area contributed by atoms with E-state index in [4.69, 9.17) is 0 Å². The zero-order valence-corrected chi connectivity index (χ0v) is 19.6. The molecule has 2 fully saturated rings. The molecule has 0 radical (unpaired) electrons. The molecule has 29 heavy (non-hydrogen) atoms. The third kappa shape index (κ3) is 5.07. The summed E-state index contributed by atoms with van der Waals surface area (Å²) in [6, 6.07) is 17.0. The van der Waals surface area contributed by atoms with E-state index in [9.17, 15) is 13.0 Å². The van der Waals surface area contributed by atoms with Crippen molar-refractivity contribution in [3.8, 4) is 0 Å². The van der Waals surface area contributed by atoms with Crippen LogP contribution >= 0.6 is 0 Å². The number of hydrogen-bond acceptors (Lipinski definition) is 3. The summed E-state index contributed by atoms with van der Waals surface area (Å²) in [4.78, 5) is 1.43. The first-order valence-electron chi connectivity index (χ1n) is 10.2. The lowest BCUT2D eigenvalue weighted by molar-refractivity contribution is 0.182. The molecule has 158 valence electrons. The van der Waals surface area contributed by atoms with Crippen LogP contribution in [0, 0.1) is 18.3 Å². The molecule has 1 aliphatic carbocycles. The Morgan fingerprint density at radius 3 is 2.14 bits per heavy atom. The predicted molar refractivity (Wildman–Crippen MR) is 120 cm³/mol. The van der Waals surface area contributed by atoms with Crippen LogP contribution in [0.15, 0.2) is 64.4 Å². The smallest absolute Gasteiger partial charge is 0.178 e. The van der Waals surface area contributed by atoms with E-state index in [0.717, 1.165) is 16.7 Å². The standard InChI is InChI=1S/C17H25S.C7H8O3S/c1-16(2,3)13-10-11-17(4)15(12-13)18(17)14-8-6-5-7-9-14;1-6-2-4-7(5-3-6)11(8,9)10/h5-9,13,15H,10-12H2,1-4H3;2-5H,1H3,(H,8,9,10)/q+1;/p-1/t13-,15-,17+,18?;/m0./s1. The van der Waals surface area contributed by atoms with Crippen molar-refractivity contribution in [2.45, 2.75) is 73.7 Å². The van der Waals surface area contributed by atoms with Gasteiger partial charge in [-0.25, -0.2) is 8.42 Å². The molecule has 0 amide bonds. The first-order valence-corrected chi connectivity index (χ1v) is 12.9. The van der Waals surface area contributed by atoms with Gasteiger partial charge in [-0.2, -0.15) is 0 Å². The molecule has 0 aromatic heterocycles. The van der Waals surface area contributed by atoms with Crippen molar-refractivity contribution in [3.05, 3.63) is 60.2 Å². The van der Waals surface area contributed by atoms with Gasteiger partial charge in [-0.15, -0.1) is 0 Å². The van der Waals surface area contributed by atoms with Gasteiger partial charge in [-0.1, -0.05) is 56.7 Å². The largest absolute Gasteiger partial charge is 0.744 e. The van der Waals surface area contributed by atoms with Crippen molar-refractivity contribution in [2.24, 2.45) is 11.3 Å². The highest BCUT2D eigenvalue weighted by atomic mass is 32.2. The Bertz CT molecular complexity index is 930. The summed E-state index contributed by atoms with van der Waals surface area (Å²) >= 11 is 0. The van der Waals surface area contributed by atoms with E-state index in [-0.39, 0.29) is 4.90 Å². The molecule has 1 unspecified atom stereocenters. The van der Waals surface area contributed by atoms with Crippen molar-refractivity contribution >= 4 is 21.0 Å². The second kappa shape index (κ2) is 8.09. The summed E-state index contributed by atoms with van der Waals surface area (Å²) in [6.07, 6.45) is 4.34. The number of rotatable bonds is 2. The second-order valence-electron chi connectivity index (χ2n) is 9.56. The summed E-state index contributed by atoms with van der Waals surface area (Å²) < 4.78 is 31.8. The predicted octanol–water partition coefficient (Wildman–Crippen LogP) is 5.55. The van der Waals surface area contributed by atoms with Crippen molar-refractivity contribution in [1.29, 1.82) is 0 Å². The molecular weight excluding hydrogens is 400 g/mol. The monoisotopic (exact) mass is 432 g/mol. The lowest BCUT2D eigenvalue weighted by atomic mass is 9.70. The summed E-state index contributed by atoms with van der Waals surface area (Å²) in [5.41, 5.74) is 1.42. The Balaban J connectivity index is 0.000000188. The summed E-state index contributed by atoms with van der Waals surface area (Å²) in [7, 11) is -3.73.